The number of benzene rings is 1. The zero-order valence-corrected chi connectivity index (χ0v) is 13.1. The normalized spacial score (nSPS) is 22.4. The van der Waals surface area contributed by atoms with Gasteiger partial charge in [0.2, 0.25) is 5.91 Å². The van der Waals surface area contributed by atoms with Crippen molar-refractivity contribution >= 4 is 11.9 Å². The molecule has 1 heterocycles. The van der Waals surface area contributed by atoms with Crippen LogP contribution in [0.5, 0.6) is 0 Å². The second kappa shape index (κ2) is 5.51. The molecule has 1 aliphatic heterocycles. The summed E-state index contributed by atoms with van der Waals surface area (Å²) in [5, 5.41) is 9.20. The van der Waals surface area contributed by atoms with Gasteiger partial charge in [0, 0.05) is 12.6 Å². The zero-order chi connectivity index (χ0) is 15.8. The maximum atomic E-state index is 12.9. The fraction of sp³-hybridized carbons (Fsp3) is 0.529. The maximum absolute atomic E-state index is 12.9. The van der Waals surface area contributed by atoms with Crippen LogP contribution in [0.2, 0.25) is 0 Å². The number of carbonyl (C=O) groups is 2. The fourth-order valence-electron chi connectivity index (χ4n) is 3.01. The molecule has 2 unspecified atom stereocenters. The highest BCUT2D eigenvalue weighted by Gasteiger charge is 2.43. The summed E-state index contributed by atoms with van der Waals surface area (Å²) in [6, 6.07) is 7.70. The first-order chi connectivity index (χ1) is 9.75. The summed E-state index contributed by atoms with van der Waals surface area (Å²) >= 11 is 0. The minimum atomic E-state index is -0.814. The molecule has 21 heavy (non-hydrogen) atoms. The summed E-state index contributed by atoms with van der Waals surface area (Å²) in [5.41, 5.74) is 1.47. The summed E-state index contributed by atoms with van der Waals surface area (Å²) in [6.07, 6.45) is 0.534. The zero-order valence-electron chi connectivity index (χ0n) is 13.1. The molecule has 0 bridgehead atoms. The molecule has 4 heteroatoms. The lowest BCUT2D eigenvalue weighted by Crippen LogP contribution is -2.46. The third-order valence-corrected chi connectivity index (χ3v) is 4.64. The molecule has 1 saturated heterocycles. The van der Waals surface area contributed by atoms with E-state index >= 15 is 0 Å². The van der Waals surface area contributed by atoms with E-state index in [2.05, 4.69) is 0 Å². The number of carbonyl (C=O) groups excluding carboxylic acids is 1. The number of amides is 1. The van der Waals surface area contributed by atoms with Crippen LogP contribution in [0.15, 0.2) is 24.3 Å². The van der Waals surface area contributed by atoms with Crippen molar-refractivity contribution in [2.75, 3.05) is 6.54 Å². The Labute approximate surface area is 125 Å². The molecule has 0 radical (unpaired) electrons. The minimum absolute atomic E-state index is 0.00241. The summed E-state index contributed by atoms with van der Waals surface area (Å²) in [7, 11) is 0. The summed E-state index contributed by atoms with van der Waals surface area (Å²) in [5.74, 6) is -1.27. The highest BCUT2D eigenvalue weighted by Crippen LogP contribution is 2.32. The first kappa shape index (κ1) is 15.5. The number of likely N-dealkylation sites (tertiary alicyclic amines) is 1. The van der Waals surface area contributed by atoms with Gasteiger partial charge in [0.15, 0.2) is 0 Å². The third kappa shape index (κ3) is 2.80. The van der Waals surface area contributed by atoms with Gasteiger partial charge in [-0.3, -0.25) is 9.59 Å². The van der Waals surface area contributed by atoms with Crippen molar-refractivity contribution in [1.82, 2.24) is 4.90 Å². The Morgan fingerprint density at radius 1 is 1.24 bits per heavy atom. The van der Waals surface area contributed by atoms with Crippen LogP contribution in [0, 0.1) is 12.8 Å². The van der Waals surface area contributed by atoms with Gasteiger partial charge in [0.1, 0.15) is 0 Å². The van der Waals surface area contributed by atoms with Crippen LogP contribution < -0.4 is 0 Å². The molecule has 0 aromatic heterocycles. The maximum Gasteiger partial charge on any atom is 0.308 e. The van der Waals surface area contributed by atoms with Crippen molar-refractivity contribution in [3.63, 3.8) is 0 Å². The number of hydrogen-bond acceptors (Lipinski definition) is 2. The van der Waals surface area contributed by atoms with Gasteiger partial charge in [-0.25, -0.2) is 0 Å². The van der Waals surface area contributed by atoms with Gasteiger partial charge in [-0.1, -0.05) is 29.8 Å². The lowest BCUT2D eigenvalue weighted by molar-refractivity contribution is -0.143. The Balaban J connectivity index is 2.23. The first-order valence-electron chi connectivity index (χ1n) is 7.36. The lowest BCUT2D eigenvalue weighted by atomic mass is 9.82. The highest BCUT2D eigenvalue weighted by atomic mass is 16.4. The summed E-state index contributed by atoms with van der Waals surface area (Å²) in [6.45, 7) is 8.17. The van der Waals surface area contributed by atoms with E-state index in [9.17, 15) is 14.7 Å². The number of nitrogens with zero attached hydrogens (tertiary/aromatic N) is 1. The van der Waals surface area contributed by atoms with Crippen molar-refractivity contribution in [1.29, 1.82) is 0 Å². The second-order valence-electron chi connectivity index (χ2n) is 6.46. The van der Waals surface area contributed by atoms with Crippen molar-refractivity contribution in [2.24, 2.45) is 5.92 Å². The standard InChI is InChI=1S/C17H23NO3/c1-11-5-7-13(8-6-11)17(3,4)16(21)18-10-9-14(12(18)2)15(19)20/h5-8,12,14H,9-10H2,1-4H3,(H,19,20). The molecule has 0 spiro atoms. The quantitative estimate of drug-likeness (QED) is 0.930. The molecule has 0 aliphatic carbocycles. The smallest absolute Gasteiger partial charge is 0.308 e. The Morgan fingerprint density at radius 2 is 1.81 bits per heavy atom. The molecule has 1 aromatic rings. The van der Waals surface area contributed by atoms with Crippen LogP contribution in [0.3, 0.4) is 0 Å². The average molecular weight is 289 g/mol. The van der Waals surface area contributed by atoms with E-state index in [1.54, 1.807) is 4.90 Å². The largest absolute Gasteiger partial charge is 0.481 e. The Bertz CT molecular complexity index is 548. The SMILES string of the molecule is Cc1ccc(C(C)(C)C(=O)N2CCC(C(=O)O)C2C)cc1. The third-order valence-electron chi connectivity index (χ3n) is 4.64. The average Bonchev–Trinajstić information content (AvgIpc) is 2.80. The van der Waals surface area contributed by atoms with Crippen LogP contribution in [0.25, 0.3) is 0 Å². The highest BCUT2D eigenvalue weighted by molar-refractivity contribution is 5.88. The molecular formula is C17H23NO3. The molecule has 4 nitrogen and oxygen atoms in total. The Morgan fingerprint density at radius 3 is 2.29 bits per heavy atom. The van der Waals surface area contributed by atoms with Gasteiger partial charge in [0.25, 0.3) is 0 Å². The van der Waals surface area contributed by atoms with E-state index in [0.29, 0.717) is 13.0 Å². The van der Waals surface area contributed by atoms with Gasteiger partial charge in [-0.2, -0.15) is 0 Å². The fourth-order valence-corrected chi connectivity index (χ4v) is 3.01. The summed E-state index contributed by atoms with van der Waals surface area (Å²) in [4.78, 5) is 25.8. The van der Waals surface area contributed by atoms with Gasteiger partial charge < -0.3 is 10.0 Å². The molecule has 1 amide bonds. The number of aryl methyl sites for hydroxylation is 1. The van der Waals surface area contributed by atoms with Crippen LogP contribution in [-0.2, 0) is 15.0 Å². The van der Waals surface area contributed by atoms with Gasteiger partial charge in [0.05, 0.1) is 11.3 Å². The van der Waals surface area contributed by atoms with E-state index in [1.165, 1.54) is 0 Å². The predicted molar refractivity (Wildman–Crippen MR) is 81.1 cm³/mol. The minimum Gasteiger partial charge on any atom is -0.481 e. The molecule has 1 aromatic carbocycles. The van der Waals surface area contributed by atoms with Gasteiger partial charge in [-0.05, 0) is 39.7 Å². The van der Waals surface area contributed by atoms with Crippen molar-refractivity contribution in [2.45, 2.75) is 45.6 Å². The van der Waals surface area contributed by atoms with Crippen LogP contribution in [-0.4, -0.2) is 34.5 Å². The number of carboxylic acids is 1. The van der Waals surface area contributed by atoms with Crippen molar-refractivity contribution in [3.05, 3.63) is 35.4 Å². The molecular weight excluding hydrogens is 266 g/mol. The van der Waals surface area contributed by atoms with Crippen molar-refractivity contribution < 1.29 is 14.7 Å². The molecule has 1 aliphatic rings. The molecule has 1 fully saturated rings. The molecule has 2 rings (SSSR count). The Kier molecular flexibility index (Phi) is 4.08. The predicted octanol–water partition coefficient (Wildman–Crippen LogP) is 2.59. The number of hydrogen-bond donors (Lipinski definition) is 1. The van der Waals surface area contributed by atoms with Crippen LogP contribution in [0.1, 0.15) is 38.3 Å². The first-order valence-corrected chi connectivity index (χ1v) is 7.36. The molecule has 2 atom stereocenters. The van der Waals surface area contributed by atoms with Gasteiger partial charge in [-0.15, -0.1) is 0 Å². The number of aliphatic carboxylic acids is 1. The van der Waals surface area contributed by atoms with E-state index in [0.717, 1.165) is 11.1 Å². The van der Waals surface area contributed by atoms with Crippen LogP contribution in [0.4, 0.5) is 0 Å². The monoisotopic (exact) mass is 289 g/mol. The van der Waals surface area contributed by atoms with E-state index in [4.69, 9.17) is 0 Å². The molecule has 1 N–H and O–H groups in total. The molecule has 0 saturated carbocycles. The van der Waals surface area contributed by atoms with Gasteiger partial charge >= 0.3 is 5.97 Å². The second-order valence-corrected chi connectivity index (χ2v) is 6.46. The van der Waals surface area contributed by atoms with Crippen molar-refractivity contribution in [3.8, 4) is 0 Å². The number of carboxylic acid groups (broad SMARTS) is 1. The van der Waals surface area contributed by atoms with E-state index < -0.39 is 17.3 Å². The van der Waals surface area contributed by atoms with Crippen LogP contribution >= 0.6 is 0 Å². The topological polar surface area (TPSA) is 57.6 Å². The molecule has 114 valence electrons. The Hall–Kier alpha value is -1.84. The van der Waals surface area contributed by atoms with E-state index in [-0.39, 0.29) is 11.9 Å². The summed E-state index contributed by atoms with van der Waals surface area (Å²) < 4.78 is 0. The van der Waals surface area contributed by atoms with E-state index in [1.807, 2.05) is 52.0 Å². The number of rotatable bonds is 3. The lowest BCUT2D eigenvalue weighted by Gasteiger charge is -2.33.